The number of hydrogen-bond acceptors (Lipinski definition) is 1. The molecule has 5 aliphatic carbocycles. The fraction of sp³-hybridized carbons (Fsp3) is 0.348. The summed E-state index contributed by atoms with van der Waals surface area (Å²) in [6.45, 7) is 2.47. The highest BCUT2D eigenvalue weighted by Gasteiger charge is 2.56. The Hall–Kier alpha value is -4.10. The minimum atomic E-state index is 0.113. The van der Waals surface area contributed by atoms with Crippen LogP contribution in [0.3, 0.4) is 0 Å². The van der Waals surface area contributed by atoms with E-state index in [4.69, 9.17) is 0 Å². The van der Waals surface area contributed by atoms with Crippen molar-refractivity contribution in [3.05, 3.63) is 138 Å². The van der Waals surface area contributed by atoms with Crippen molar-refractivity contribution < 1.29 is 0 Å². The number of fused-ring (bicyclic) bond motifs is 13. The van der Waals surface area contributed by atoms with Crippen molar-refractivity contribution >= 4 is 17.1 Å². The fourth-order valence-corrected chi connectivity index (χ4v) is 11.8. The van der Waals surface area contributed by atoms with Crippen molar-refractivity contribution in [2.24, 2.45) is 17.8 Å². The Morgan fingerprint density at radius 2 is 1.21 bits per heavy atom. The van der Waals surface area contributed by atoms with Gasteiger partial charge >= 0.3 is 0 Å². The van der Waals surface area contributed by atoms with Crippen LogP contribution in [-0.2, 0) is 10.8 Å². The Morgan fingerprint density at radius 3 is 2.02 bits per heavy atom. The van der Waals surface area contributed by atoms with Gasteiger partial charge in [-0.3, -0.25) is 0 Å². The van der Waals surface area contributed by atoms with E-state index >= 15 is 0 Å². The molecule has 5 aliphatic rings. The van der Waals surface area contributed by atoms with Gasteiger partial charge in [-0.25, -0.2) is 0 Å². The highest BCUT2D eigenvalue weighted by Crippen LogP contribution is 2.65. The molecule has 3 fully saturated rings. The summed E-state index contributed by atoms with van der Waals surface area (Å²) in [5.74, 6) is 2.32. The number of hydrogen-bond donors (Lipinski definition) is 0. The monoisotopic (exact) mass is 611 g/mol. The van der Waals surface area contributed by atoms with Gasteiger partial charge in [0, 0.05) is 27.9 Å². The summed E-state index contributed by atoms with van der Waals surface area (Å²) >= 11 is 0. The number of anilines is 3. The van der Waals surface area contributed by atoms with Crippen molar-refractivity contribution in [1.29, 1.82) is 0 Å². The van der Waals surface area contributed by atoms with Gasteiger partial charge in [-0.05, 0) is 131 Å². The van der Waals surface area contributed by atoms with Crippen LogP contribution in [0.4, 0.5) is 17.1 Å². The fourth-order valence-electron chi connectivity index (χ4n) is 11.8. The maximum Gasteiger partial charge on any atom is 0.0468 e. The maximum absolute atomic E-state index is 2.64. The summed E-state index contributed by atoms with van der Waals surface area (Å²) in [5, 5.41) is 0. The molecule has 47 heavy (non-hydrogen) atoms. The van der Waals surface area contributed by atoms with Crippen molar-refractivity contribution in [1.82, 2.24) is 0 Å². The standard InChI is InChI=1S/C46H45N/c1-2-32-27-31-13-12-14-33(28-31)46(32)43-20-9-7-17-37(43)39-23-21-36(30-44(39)46)47(34-15-4-3-5-16-34)35-22-24-42-40(29-35)38-18-6-8-19-41(38)45(42)25-10-11-26-45/h3-9,15-24,29-33H,2,10-14,25-28H2,1H3. The Morgan fingerprint density at radius 1 is 0.553 bits per heavy atom. The third-order valence-corrected chi connectivity index (χ3v) is 13.5. The van der Waals surface area contributed by atoms with Crippen LogP contribution in [0, 0.1) is 17.8 Å². The average molecular weight is 612 g/mol. The first kappa shape index (κ1) is 28.0. The molecule has 0 radical (unpaired) electrons. The molecule has 0 heterocycles. The Labute approximate surface area is 280 Å². The first-order valence-corrected chi connectivity index (χ1v) is 18.6. The van der Waals surface area contributed by atoms with E-state index < -0.39 is 0 Å². The third-order valence-electron chi connectivity index (χ3n) is 13.5. The van der Waals surface area contributed by atoms with Crippen LogP contribution in [0.15, 0.2) is 115 Å². The second-order valence-corrected chi connectivity index (χ2v) is 15.5. The summed E-state index contributed by atoms with van der Waals surface area (Å²) in [6, 6.07) is 44.8. The van der Waals surface area contributed by atoms with Crippen LogP contribution < -0.4 is 4.90 Å². The van der Waals surface area contributed by atoms with E-state index in [0.29, 0.717) is 5.92 Å². The molecule has 2 bridgehead atoms. The molecule has 0 aromatic heterocycles. The van der Waals surface area contributed by atoms with Crippen LogP contribution in [-0.4, -0.2) is 0 Å². The molecule has 3 saturated carbocycles. The Balaban J connectivity index is 1.18. The number of benzene rings is 5. The van der Waals surface area contributed by atoms with Gasteiger partial charge in [0.1, 0.15) is 0 Å². The van der Waals surface area contributed by atoms with Crippen LogP contribution in [0.2, 0.25) is 0 Å². The minimum absolute atomic E-state index is 0.113. The number of rotatable bonds is 4. The predicted octanol–water partition coefficient (Wildman–Crippen LogP) is 12.5. The zero-order chi connectivity index (χ0) is 31.2. The van der Waals surface area contributed by atoms with Crippen LogP contribution in [0.5, 0.6) is 0 Å². The molecular weight excluding hydrogens is 567 g/mol. The van der Waals surface area contributed by atoms with Crippen molar-refractivity contribution in [3.8, 4) is 22.3 Å². The van der Waals surface area contributed by atoms with Crippen molar-refractivity contribution in [2.45, 2.75) is 82.0 Å². The molecule has 5 aromatic rings. The smallest absolute Gasteiger partial charge is 0.0468 e. The van der Waals surface area contributed by atoms with Gasteiger partial charge in [-0.2, -0.15) is 0 Å². The SMILES string of the molecule is CCC1CC2CCCC(C2)C12c1ccccc1-c1ccc(N(c3ccccc3)c3ccc4c(c3)-c3ccccc3C43CCCC3)cc12. The zero-order valence-electron chi connectivity index (χ0n) is 27.7. The van der Waals surface area contributed by atoms with E-state index in [1.807, 2.05) is 0 Å². The highest BCUT2D eigenvalue weighted by molar-refractivity contribution is 5.89. The van der Waals surface area contributed by atoms with Gasteiger partial charge in [-0.15, -0.1) is 0 Å². The molecule has 234 valence electrons. The molecule has 0 N–H and O–H groups in total. The average Bonchev–Trinajstić information content (AvgIpc) is 3.81. The molecule has 5 aromatic carbocycles. The molecule has 2 spiro atoms. The highest BCUT2D eigenvalue weighted by atomic mass is 15.1. The van der Waals surface area contributed by atoms with Gasteiger partial charge in [0.25, 0.3) is 0 Å². The van der Waals surface area contributed by atoms with Gasteiger partial charge in [-0.1, -0.05) is 118 Å². The minimum Gasteiger partial charge on any atom is -0.310 e. The topological polar surface area (TPSA) is 3.24 Å². The van der Waals surface area contributed by atoms with Crippen LogP contribution in [0.25, 0.3) is 22.3 Å². The lowest BCUT2D eigenvalue weighted by atomic mass is 9.50. The molecule has 4 atom stereocenters. The summed E-state index contributed by atoms with van der Waals surface area (Å²) < 4.78 is 0. The summed E-state index contributed by atoms with van der Waals surface area (Å²) in [5.41, 5.74) is 16.3. The lowest BCUT2D eigenvalue weighted by molar-refractivity contribution is 0.0557. The van der Waals surface area contributed by atoms with Gasteiger partial charge in [0.2, 0.25) is 0 Å². The van der Waals surface area contributed by atoms with E-state index in [0.717, 1.165) is 11.8 Å². The van der Waals surface area contributed by atoms with E-state index in [1.54, 1.807) is 22.3 Å². The Bertz CT molecular complexity index is 1990. The van der Waals surface area contributed by atoms with Crippen molar-refractivity contribution in [2.75, 3.05) is 4.90 Å². The van der Waals surface area contributed by atoms with Gasteiger partial charge < -0.3 is 4.90 Å². The normalized spacial score (nSPS) is 25.8. The third kappa shape index (κ3) is 3.78. The van der Waals surface area contributed by atoms with Crippen LogP contribution >= 0.6 is 0 Å². The number of para-hydroxylation sites is 1. The molecular formula is C46H45N. The molecule has 1 heteroatoms. The van der Waals surface area contributed by atoms with E-state index in [-0.39, 0.29) is 10.8 Å². The van der Waals surface area contributed by atoms with E-state index in [2.05, 4.69) is 127 Å². The lowest BCUT2D eigenvalue weighted by Crippen LogP contribution is -2.48. The summed E-state index contributed by atoms with van der Waals surface area (Å²) in [4.78, 5) is 2.55. The Kier molecular flexibility index (Phi) is 6.22. The molecule has 4 unspecified atom stereocenters. The molecule has 0 aliphatic heterocycles. The molecule has 0 saturated heterocycles. The second-order valence-electron chi connectivity index (χ2n) is 15.5. The van der Waals surface area contributed by atoms with Crippen LogP contribution in [0.1, 0.15) is 93.4 Å². The second kappa shape index (κ2) is 10.4. The lowest BCUT2D eigenvalue weighted by Gasteiger charge is -2.54. The largest absolute Gasteiger partial charge is 0.310 e. The molecule has 0 amide bonds. The summed E-state index contributed by atoms with van der Waals surface area (Å²) in [6.07, 6.45) is 13.4. The van der Waals surface area contributed by atoms with Gasteiger partial charge in [0.15, 0.2) is 0 Å². The van der Waals surface area contributed by atoms with E-state index in [9.17, 15) is 0 Å². The molecule has 10 rings (SSSR count). The van der Waals surface area contributed by atoms with Crippen molar-refractivity contribution in [3.63, 3.8) is 0 Å². The predicted molar refractivity (Wildman–Crippen MR) is 196 cm³/mol. The first-order valence-electron chi connectivity index (χ1n) is 18.6. The maximum atomic E-state index is 2.64. The quantitative estimate of drug-likeness (QED) is 0.195. The van der Waals surface area contributed by atoms with Gasteiger partial charge in [0.05, 0.1) is 0 Å². The summed E-state index contributed by atoms with van der Waals surface area (Å²) in [7, 11) is 0. The zero-order valence-corrected chi connectivity index (χ0v) is 27.7. The first-order chi connectivity index (χ1) is 23.2. The van der Waals surface area contributed by atoms with E-state index in [1.165, 1.54) is 104 Å². The number of nitrogens with zero attached hydrogens (tertiary/aromatic N) is 1. The molecule has 1 nitrogen and oxygen atoms in total.